The summed E-state index contributed by atoms with van der Waals surface area (Å²) in [6.07, 6.45) is 1.73. The van der Waals surface area contributed by atoms with E-state index in [1.807, 2.05) is 17.7 Å². The second-order valence-electron chi connectivity index (χ2n) is 6.05. The van der Waals surface area contributed by atoms with Crippen LogP contribution in [0.3, 0.4) is 0 Å². The molecule has 0 radical (unpaired) electrons. The molecule has 0 bridgehead atoms. The summed E-state index contributed by atoms with van der Waals surface area (Å²) in [7, 11) is 1.72. The number of aromatic nitrogens is 2. The smallest absolute Gasteiger partial charge is 0.289 e. The third-order valence-corrected chi connectivity index (χ3v) is 5.52. The van der Waals surface area contributed by atoms with Crippen LogP contribution in [0.4, 0.5) is 0 Å². The highest BCUT2D eigenvalue weighted by Crippen LogP contribution is 2.28. The summed E-state index contributed by atoms with van der Waals surface area (Å²) in [6.45, 7) is 3.31. The van der Waals surface area contributed by atoms with Crippen molar-refractivity contribution in [3.8, 4) is 5.75 Å². The number of benzene rings is 1. The van der Waals surface area contributed by atoms with Crippen molar-refractivity contribution in [3.05, 3.63) is 67.7 Å². The van der Waals surface area contributed by atoms with Crippen LogP contribution in [-0.4, -0.2) is 27.6 Å². The average Bonchev–Trinajstić information content (AvgIpc) is 3.27. The number of carbonyl (C=O) groups excluding carboxylic acids is 1. The van der Waals surface area contributed by atoms with Crippen LogP contribution in [0, 0.1) is 0 Å². The van der Waals surface area contributed by atoms with E-state index in [9.17, 15) is 4.79 Å². The van der Waals surface area contributed by atoms with Gasteiger partial charge in [0.1, 0.15) is 18.1 Å². The molecule has 1 amide bonds. The number of amides is 1. The van der Waals surface area contributed by atoms with Gasteiger partial charge < -0.3 is 14.1 Å². The zero-order valence-electron chi connectivity index (χ0n) is 15.3. The predicted octanol–water partition coefficient (Wildman–Crippen LogP) is 5.53. The number of nitrogens with zero attached hydrogens (tertiary/aromatic N) is 3. The van der Waals surface area contributed by atoms with E-state index < -0.39 is 0 Å². The molecule has 2 aromatic heterocycles. The quantitative estimate of drug-likeness (QED) is 0.403. The highest BCUT2D eigenvalue weighted by Gasteiger charge is 2.19. The number of aryl methyl sites for hydroxylation is 1. The Morgan fingerprint density at radius 2 is 2.11 bits per heavy atom. The van der Waals surface area contributed by atoms with Gasteiger partial charge in [0.25, 0.3) is 5.91 Å². The molecule has 3 aromatic rings. The van der Waals surface area contributed by atoms with Crippen molar-refractivity contribution < 1.29 is 13.9 Å². The average molecular weight is 532 g/mol. The molecule has 3 rings (SSSR count). The monoisotopic (exact) mass is 529 g/mol. The van der Waals surface area contributed by atoms with E-state index >= 15 is 0 Å². The van der Waals surface area contributed by atoms with Crippen molar-refractivity contribution in [3.63, 3.8) is 0 Å². The fraction of sp³-hybridized carbons (Fsp3) is 0.263. The van der Waals surface area contributed by atoms with Crippen LogP contribution >= 0.6 is 43.5 Å². The minimum atomic E-state index is -0.219. The number of rotatable bonds is 7. The molecular weight excluding hydrogens is 513 g/mol. The van der Waals surface area contributed by atoms with Gasteiger partial charge in [-0.1, -0.05) is 27.5 Å². The van der Waals surface area contributed by atoms with Gasteiger partial charge in [0.15, 0.2) is 5.76 Å². The van der Waals surface area contributed by atoms with Gasteiger partial charge in [-0.15, -0.1) is 0 Å². The molecule has 0 aliphatic heterocycles. The molecule has 1 aromatic carbocycles. The van der Waals surface area contributed by atoms with Gasteiger partial charge in [-0.3, -0.25) is 9.48 Å². The molecule has 0 fully saturated rings. The maximum absolute atomic E-state index is 12.7. The molecule has 2 heterocycles. The fourth-order valence-electron chi connectivity index (χ4n) is 2.61. The van der Waals surface area contributed by atoms with E-state index in [1.165, 1.54) is 0 Å². The number of carbonyl (C=O) groups is 1. The molecule has 0 unspecified atom stereocenters. The third kappa shape index (κ3) is 4.79. The van der Waals surface area contributed by atoms with Crippen LogP contribution in [0.25, 0.3) is 0 Å². The van der Waals surface area contributed by atoms with Gasteiger partial charge in [0.2, 0.25) is 0 Å². The van der Waals surface area contributed by atoms with Crippen molar-refractivity contribution in [2.24, 2.45) is 0 Å². The molecular formula is C19H18Br2ClN3O3. The molecule has 0 spiro atoms. The zero-order valence-corrected chi connectivity index (χ0v) is 19.2. The lowest BCUT2D eigenvalue weighted by atomic mass is 10.3. The Labute approximate surface area is 184 Å². The number of hydrogen-bond donors (Lipinski definition) is 0. The first-order valence-corrected chi connectivity index (χ1v) is 10.5. The van der Waals surface area contributed by atoms with Crippen LogP contribution in [0.5, 0.6) is 5.75 Å². The van der Waals surface area contributed by atoms with Crippen molar-refractivity contribution in [1.29, 1.82) is 0 Å². The normalized spacial score (nSPS) is 10.9. The standard InChI is InChI=1S/C19H18Br2ClN3O3/c1-3-25-16(14(21)9-23-25)10-24(2)19(26)18-7-5-13(28-18)11-27-17-6-4-12(20)8-15(17)22/h4-9H,3,10-11H2,1-2H3. The maximum Gasteiger partial charge on any atom is 0.289 e. The Kier molecular flexibility index (Phi) is 6.85. The van der Waals surface area contributed by atoms with Crippen LogP contribution in [0.1, 0.15) is 28.9 Å². The molecule has 0 saturated carbocycles. The molecule has 9 heteroatoms. The lowest BCUT2D eigenvalue weighted by Crippen LogP contribution is -2.27. The Hall–Kier alpha value is -1.77. The molecule has 0 atom stereocenters. The molecule has 0 aliphatic carbocycles. The van der Waals surface area contributed by atoms with Crippen LogP contribution < -0.4 is 4.74 Å². The molecule has 0 saturated heterocycles. The maximum atomic E-state index is 12.7. The first-order valence-electron chi connectivity index (χ1n) is 8.51. The van der Waals surface area contributed by atoms with Gasteiger partial charge in [0.05, 0.1) is 27.9 Å². The zero-order chi connectivity index (χ0) is 20.3. The summed E-state index contributed by atoms with van der Waals surface area (Å²) >= 11 is 13.0. The van der Waals surface area contributed by atoms with E-state index in [1.54, 1.807) is 42.4 Å². The molecule has 28 heavy (non-hydrogen) atoms. The van der Waals surface area contributed by atoms with Crippen LogP contribution in [0.2, 0.25) is 5.02 Å². The summed E-state index contributed by atoms with van der Waals surface area (Å²) in [6, 6.07) is 8.73. The first kappa shape index (κ1) is 21.0. The Bertz CT molecular complexity index is 987. The fourth-order valence-corrected chi connectivity index (χ4v) is 3.76. The van der Waals surface area contributed by atoms with Gasteiger partial charge >= 0.3 is 0 Å². The number of hydrogen-bond acceptors (Lipinski definition) is 4. The van der Waals surface area contributed by atoms with E-state index in [2.05, 4.69) is 37.0 Å². The number of ether oxygens (including phenoxy) is 1. The molecule has 6 nitrogen and oxygen atoms in total. The van der Waals surface area contributed by atoms with E-state index in [0.29, 0.717) is 23.1 Å². The number of furan rings is 1. The van der Waals surface area contributed by atoms with Gasteiger partial charge in [-0.25, -0.2) is 0 Å². The van der Waals surface area contributed by atoms with Gasteiger partial charge in [-0.05, 0) is 53.2 Å². The Balaban J connectivity index is 1.64. The van der Waals surface area contributed by atoms with Crippen molar-refractivity contribution in [2.45, 2.75) is 26.6 Å². The van der Waals surface area contributed by atoms with Crippen molar-refractivity contribution >= 4 is 49.4 Å². The van der Waals surface area contributed by atoms with Gasteiger partial charge in [-0.2, -0.15) is 5.10 Å². The molecule has 0 N–H and O–H groups in total. The minimum absolute atomic E-state index is 0.173. The summed E-state index contributed by atoms with van der Waals surface area (Å²) in [5, 5.41) is 4.76. The molecule has 0 aliphatic rings. The van der Waals surface area contributed by atoms with Gasteiger partial charge in [0, 0.05) is 18.1 Å². The summed E-state index contributed by atoms with van der Waals surface area (Å²) in [5.41, 5.74) is 0.929. The van der Waals surface area contributed by atoms with E-state index in [-0.39, 0.29) is 18.3 Å². The lowest BCUT2D eigenvalue weighted by Gasteiger charge is -2.17. The summed E-state index contributed by atoms with van der Waals surface area (Å²) in [5.74, 6) is 1.12. The largest absolute Gasteiger partial charge is 0.484 e. The van der Waals surface area contributed by atoms with E-state index in [0.717, 1.165) is 21.2 Å². The second-order valence-corrected chi connectivity index (χ2v) is 8.22. The SMILES string of the molecule is CCn1ncc(Br)c1CN(C)C(=O)c1ccc(COc2ccc(Br)cc2Cl)o1. The molecule has 148 valence electrons. The Morgan fingerprint density at radius 1 is 1.32 bits per heavy atom. The summed E-state index contributed by atoms with van der Waals surface area (Å²) < 4.78 is 14.9. The highest BCUT2D eigenvalue weighted by atomic mass is 79.9. The predicted molar refractivity (Wildman–Crippen MR) is 114 cm³/mol. The topological polar surface area (TPSA) is 60.5 Å². The highest BCUT2D eigenvalue weighted by molar-refractivity contribution is 9.10. The van der Waals surface area contributed by atoms with Crippen LogP contribution in [0.15, 0.2) is 49.9 Å². The van der Waals surface area contributed by atoms with Crippen LogP contribution in [-0.2, 0) is 19.7 Å². The van der Waals surface area contributed by atoms with Crippen molar-refractivity contribution in [1.82, 2.24) is 14.7 Å². The minimum Gasteiger partial charge on any atom is -0.484 e. The summed E-state index contributed by atoms with van der Waals surface area (Å²) in [4.78, 5) is 14.3. The Morgan fingerprint density at radius 3 is 2.82 bits per heavy atom. The van der Waals surface area contributed by atoms with E-state index in [4.69, 9.17) is 20.8 Å². The third-order valence-electron chi connectivity index (χ3n) is 4.07. The first-order chi connectivity index (χ1) is 13.4. The second kappa shape index (κ2) is 9.15. The van der Waals surface area contributed by atoms with Crippen molar-refractivity contribution in [2.75, 3.05) is 7.05 Å². The number of halogens is 3. The lowest BCUT2D eigenvalue weighted by molar-refractivity contribution is 0.0745.